The molecule has 0 amide bonds. The predicted octanol–water partition coefficient (Wildman–Crippen LogP) is 3.01. The van der Waals surface area contributed by atoms with Crippen molar-refractivity contribution in [2.24, 2.45) is 5.92 Å². The van der Waals surface area contributed by atoms with Crippen LogP contribution in [-0.4, -0.2) is 53.9 Å². The second-order valence-electron chi connectivity index (χ2n) is 8.90. The largest absolute Gasteiger partial charge is 0.376 e. The number of imidazole rings is 1. The highest BCUT2D eigenvalue weighted by Gasteiger charge is 2.33. The van der Waals surface area contributed by atoms with Crippen LogP contribution in [0.3, 0.4) is 0 Å². The molecule has 0 N–H and O–H groups in total. The molecule has 3 fully saturated rings. The Morgan fingerprint density at radius 1 is 1.17 bits per heavy atom. The highest BCUT2D eigenvalue weighted by Crippen LogP contribution is 2.33. The summed E-state index contributed by atoms with van der Waals surface area (Å²) in [6.07, 6.45) is 17.6. The Bertz CT molecular complexity index is 826. The fourth-order valence-electron chi connectivity index (χ4n) is 4.71. The lowest BCUT2D eigenvalue weighted by Crippen LogP contribution is -2.37. The molecule has 4 rings (SSSR count). The molecule has 2 aliphatic carbocycles. The first kappa shape index (κ1) is 20.9. The standard InChI is InChI=1S/C22H33N3O3S/c1-2-12-24(19-7-4-3-5-8-19)15-20-14-23-22(29(26,27)17-18-10-11-18)25(20)16-21-9-6-13-28-21/h1,14,18-19,21H,3-13,15-17H2. The highest BCUT2D eigenvalue weighted by atomic mass is 32.2. The Balaban J connectivity index is 1.59. The van der Waals surface area contributed by atoms with Gasteiger partial charge in [-0.3, -0.25) is 4.90 Å². The molecule has 1 aromatic rings. The lowest BCUT2D eigenvalue weighted by Gasteiger charge is -2.33. The summed E-state index contributed by atoms with van der Waals surface area (Å²) in [6, 6.07) is 0.470. The maximum absolute atomic E-state index is 13.0. The summed E-state index contributed by atoms with van der Waals surface area (Å²) in [6.45, 7) is 2.54. The summed E-state index contributed by atoms with van der Waals surface area (Å²) in [5.74, 6) is 3.32. The van der Waals surface area contributed by atoms with Crippen molar-refractivity contribution < 1.29 is 13.2 Å². The Hall–Kier alpha value is -1.36. The fraction of sp³-hybridized carbons (Fsp3) is 0.773. The molecule has 0 aromatic carbocycles. The molecule has 7 heteroatoms. The molecular weight excluding hydrogens is 386 g/mol. The fourth-order valence-corrected chi connectivity index (χ4v) is 6.55. The van der Waals surface area contributed by atoms with Crippen LogP contribution in [0, 0.1) is 18.3 Å². The lowest BCUT2D eigenvalue weighted by molar-refractivity contribution is 0.0923. The summed E-state index contributed by atoms with van der Waals surface area (Å²) in [4.78, 5) is 6.74. The molecule has 1 atom stereocenters. The molecule has 3 aliphatic rings. The zero-order chi connectivity index (χ0) is 20.3. The summed E-state index contributed by atoms with van der Waals surface area (Å²) < 4.78 is 33.8. The third-order valence-corrected chi connectivity index (χ3v) is 8.28. The predicted molar refractivity (Wildman–Crippen MR) is 112 cm³/mol. The molecule has 160 valence electrons. The van der Waals surface area contributed by atoms with Gasteiger partial charge in [0.2, 0.25) is 15.0 Å². The van der Waals surface area contributed by atoms with Crippen molar-refractivity contribution in [2.75, 3.05) is 18.9 Å². The number of terminal acetylenes is 1. The van der Waals surface area contributed by atoms with Gasteiger partial charge in [0, 0.05) is 19.2 Å². The van der Waals surface area contributed by atoms with E-state index in [0.29, 0.717) is 31.6 Å². The van der Waals surface area contributed by atoms with Gasteiger partial charge in [-0.25, -0.2) is 13.4 Å². The molecule has 1 aromatic heterocycles. The van der Waals surface area contributed by atoms with E-state index in [1.165, 1.54) is 19.3 Å². The summed E-state index contributed by atoms with van der Waals surface area (Å²) >= 11 is 0. The topological polar surface area (TPSA) is 64.4 Å². The van der Waals surface area contributed by atoms with Crippen LogP contribution in [0.15, 0.2) is 11.4 Å². The first-order valence-electron chi connectivity index (χ1n) is 11.1. The molecule has 2 saturated carbocycles. The first-order valence-corrected chi connectivity index (χ1v) is 12.8. The average Bonchev–Trinajstić information content (AvgIpc) is 3.19. The molecule has 6 nitrogen and oxygen atoms in total. The van der Waals surface area contributed by atoms with E-state index >= 15 is 0 Å². The van der Waals surface area contributed by atoms with Crippen LogP contribution >= 0.6 is 0 Å². The van der Waals surface area contributed by atoms with Crippen molar-refractivity contribution in [1.29, 1.82) is 0 Å². The third kappa shape index (κ3) is 5.22. The van der Waals surface area contributed by atoms with Crippen LogP contribution in [0.2, 0.25) is 0 Å². The van der Waals surface area contributed by atoms with Crippen LogP contribution in [0.4, 0.5) is 0 Å². The van der Waals surface area contributed by atoms with Gasteiger partial charge in [-0.05, 0) is 44.4 Å². The van der Waals surface area contributed by atoms with Gasteiger partial charge in [-0.15, -0.1) is 6.42 Å². The van der Waals surface area contributed by atoms with E-state index < -0.39 is 9.84 Å². The molecular formula is C22H33N3O3S. The van der Waals surface area contributed by atoms with Crippen LogP contribution < -0.4 is 0 Å². The van der Waals surface area contributed by atoms with Crippen molar-refractivity contribution in [3.05, 3.63) is 11.9 Å². The summed E-state index contributed by atoms with van der Waals surface area (Å²) in [5.41, 5.74) is 0.940. The number of aromatic nitrogens is 2. The monoisotopic (exact) mass is 419 g/mol. The minimum atomic E-state index is -3.38. The zero-order valence-electron chi connectivity index (χ0n) is 17.3. The van der Waals surface area contributed by atoms with E-state index in [4.69, 9.17) is 11.2 Å². The lowest BCUT2D eigenvalue weighted by atomic mass is 9.94. The van der Waals surface area contributed by atoms with Gasteiger partial charge in [-0.2, -0.15) is 0 Å². The van der Waals surface area contributed by atoms with Gasteiger partial charge in [0.05, 0.1) is 36.8 Å². The molecule has 29 heavy (non-hydrogen) atoms. The van der Waals surface area contributed by atoms with Gasteiger partial charge >= 0.3 is 0 Å². The second-order valence-corrected chi connectivity index (χ2v) is 10.8. The second kappa shape index (κ2) is 9.20. The van der Waals surface area contributed by atoms with Crippen LogP contribution in [0.1, 0.15) is 63.5 Å². The minimum Gasteiger partial charge on any atom is -0.376 e. The minimum absolute atomic E-state index is 0.0635. The molecule has 0 spiro atoms. The van der Waals surface area contributed by atoms with Crippen molar-refractivity contribution >= 4 is 9.84 Å². The Labute approximate surface area is 174 Å². The Kier molecular flexibility index (Phi) is 6.63. The summed E-state index contributed by atoms with van der Waals surface area (Å²) in [5, 5.41) is 0.221. The van der Waals surface area contributed by atoms with E-state index in [0.717, 1.165) is 50.8 Å². The molecule has 2 heterocycles. The molecule has 1 unspecified atom stereocenters. The Morgan fingerprint density at radius 3 is 2.62 bits per heavy atom. The number of hydrogen-bond acceptors (Lipinski definition) is 5. The maximum Gasteiger partial charge on any atom is 0.227 e. The normalized spacial score (nSPS) is 23.5. The van der Waals surface area contributed by atoms with Gasteiger partial charge in [0.25, 0.3) is 0 Å². The third-order valence-electron chi connectivity index (χ3n) is 6.49. The van der Waals surface area contributed by atoms with Gasteiger partial charge in [-0.1, -0.05) is 25.2 Å². The first-order chi connectivity index (χ1) is 14.1. The number of sulfone groups is 1. The number of ether oxygens (including phenoxy) is 1. The van der Waals surface area contributed by atoms with Crippen LogP contribution in [0.5, 0.6) is 0 Å². The van der Waals surface area contributed by atoms with E-state index in [-0.39, 0.29) is 17.0 Å². The van der Waals surface area contributed by atoms with Gasteiger partial charge in [0.15, 0.2) is 0 Å². The highest BCUT2D eigenvalue weighted by molar-refractivity contribution is 7.91. The maximum atomic E-state index is 13.0. The summed E-state index contributed by atoms with van der Waals surface area (Å²) in [7, 11) is -3.38. The van der Waals surface area contributed by atoms with Gasteiger partial charge in [0.1, 0.15) is 0 Å². The van der Waals surface area contributed by atoms with Crippen LogP contribution in [0.25, 0.3) is 0 Å². The van der Waals surface area contributed by atoms with Crippen molar-refractivity contribution in [1.82, 2.24) is 14.5 Å². The van der Waals surface area contributed by atoms with Gasteiger partial charge < -0.3 is 9.30 Å². The SMILES string of the molecule is C#CCN(Cc1cnc(S(=O)(=O)CC2CC2)n1CC1CCCO1)C1CCCCC1. The van der Waals surface area contributed by atoms with Crippen molar-refractivity contribution in [2.45, 2.75) is 88.2 Å². The van der Waals surface area contributed by atoms with Crippen molar-refractivity contribution in [3.63, 3.8) is 0 Å². The van der Waals surface area contributed by atoms with Crippen molar-refractivity contribution in [3.8, 4) is 12.3 Å². The molecule has 1 aliphatic heterocycles. The zero-order valence-corrected chi connectivity index (χ0v) is 18.1. The number of hydrogen-bond donors (Lipinski definition) is 0. The van der Waals surface area contributed by atoms with Crippen LogP contribution in [-0.2, 0) is 27.7 Å². The van der Waals surface area contributed by atoms with E-state index in [1.807, 2.05) is 4.57 Å². The molecule has 1 saturated heterocycles. The molecule has 0 bridgehead atoms. The number of nitrogens with zero attached hydrogens (tertiary/aromatic N) is 3. The quantitative estimate of drug-likeness (QED) is 0.576. The average molecular weight is 420 g/mol. The molecule has 0 radical (unpaired) electrons. The van der Waals surface area contributed by atoms with E-state index in [2.05, 4.69) is 15.8 Å². The smallest absolute Gasteiger partial charge is 0.227 e. The van der Waals surface area contributed by atoms with E-state index in [1.54, 1.807) is 6.20 Å². The Morgan fingerprint density at radius 2 is 1.97 bits per heavy atom. The van der Waals surface area contributed by atoms with E-state index in [9.17, 15) is 8.42 Å². The number of rotatable bonds is 9.